The number of ether oxygens (including phenoxy) is 1. The third-order valence-electron chi connectivity index (χ3n) is 3.51. The Labute approximate surface area is 131 Å². The van der Waals surface area contributed by atoms with Gasteiger partial charge in [-0.2, -0.15) is 0 Å². The molecule has 7 heteroatoms. The van der Waals surface area contributed by atoms with Gasteiger partial charge in [0.1, 0.15) is 0 Å². The molecule has 1 fully saturated rings. The van der Waals surface area contributed by atoms with Gasteiger partial charge in [0, 0.05) is 13.1 Å². The van der Waals surface area contributed by atoms with E-state index < -0.39 is 0 Å². The molecule has 126 valence electrons. The van der Waals surface area contributed by atoms with Gasteiger partial charge in [-0.15, -0.1) is 0 Å². The monoisotopic (exact) mass is 313 g/mol. The SMILES string of the molecule is CCCNC(=O)CNC(=O)CN1CCC[C@@H](C(=O)OCC)C1. The first-order valence-corrected chi connectivity index (χ1v) is 7.99. The lowest BCUT2D eigenvalue weighted by molar-refractivity contribution is -0.150. The fraction of sp³-hybridized carbons (Fsp3) is 0.800. The van der Waals surface area contributed by atoms with Gasteiger partial charge in [0.15, 0.2) is 0 Å². The van der Waals surface area contributed by atoms with Crippen LogP contribution in [0.2, 0.25) is 0 Å². The Morgan fingerprint density at radius 2 is 1.95 bits per heavy atom. The minimum absolute atomic E-state index is 0.00597. The van der Waals surface area contributed by atoms with E-state index in [2.05, 4.69) is 10.6 Å². The van der Waals surface area contributed by atoms with Crippen molar-refractivity contribution >= 4 is 17.8 Å². The maximum atomic E-state index is 11.8. The molecular formula is C15H27N3O4. The molecule has 22 heavy (non-hydrogen) atoms. The van der Waals surface area contributed by atoms with E-state index in [1.807, 2.05) is 11.8 Å². The number of hydrogen-bond donors (Lipinski definition) is 2. The lowest BCUT2D eigenvalue weighted by Gasteiger charge is -2.30. The molecule has 1 heterocycles. The summed E-state index contributed by atoms with van der Waals surface area (Å²) in [6.45, 7) is 6.26. The van der Waals surface area contributed by atoms with Gasteiger partial charge in [0.2, 0.25) is 11.8 Å². The first-order valence-electron chi connectivity index (χ1n) is 7.99. The molecular weight excluding hydrogens is 286 g/mol. The molecule has 0 saturated carbocycles. The van der Waals surface area contributed by atoms with Gasteiger partial charge in [-0.1, -0.05) is 6.92 Å². The van der Waals surface area contributed by atoms with Crippen LogP contribution in [0.4, 0.5) is 0 Å². The van der Waals surface area contributed by atoms with Crippen molar-refractivity contribution < 1.29 is 19.1 Å². The minimum atomic E-state index is -0.198. The molecule has 7 nitrogen and oxygen atoms in total. The Hall–Kier alpha value is -1.63. The average molecular weight is 313 g/mol. The highest BCUT2D eigenvalue weighted by Crippen LogP contribution is 2.17. The number of esters is 1. The third-order valence-corrected chi connectivity index (χ3v) is 3.51. The molecule has 0 aromatic heterocycles. The number of hydrogen-bond acceptors (Lipinski definition) is 5. The topological polar surface area (TPSA) is 87.7 Å². The summed E-state index contributed by atoms with van der Waals surface area (Å²) in [7, 11) is 0. The molecule has 0 aliphatic carbocycles. The van der Waals surface area contributed by atoms with E-state index in [9.17, 15) is 14.4 Å². The van der Waals surface area contributed by atoms with Crippen molar-refractivity contribution in [3.05, 3.63) is 0 Å². The van der Waals surface area contributed by atoms with E-state index in [1.54, 1.807) is 6.92 Å². The van der Waals surface area contributed by atoms with Crippen LogP contribution in [0.15, 0.2) is 0 Å². The number of nitrogens with zero attached hydrogens (tertiary/aromatic N) is 1. The van der Waals surface area contributed by atoms with Crippen LogP contribution in [-0.4, -0.2) is 62.0 Å². The Morgan fingerprint density at radius 3 is 2.64 bits per heavy atom. The molecule has 1 saturated heterocycles. The largest absolute Gasteiger partial charge is 0.466 e. The van der Waals surface area contributed by atoms with Crippen LogP contribution >= 0.6 is 0 Å². The Bertz CT molecular complexity index is 387. The maximum Gasteiger partial charge on any atom is 0.310 e. The normalized spacial score (nSPS) is 18.5. The molecule has 0 aromatic rings. The average Bonchev–Trinajstić information content (AvgIpc) is 2.51. The lowest BCUT2D eigenvalue weighted by atomic mass is 9.98. The second-order valence-corrected chi connectivity index (χ2v) is 5.45. The van der Waals surface area contributed by atoms with Crippen LogP contribution in [0.3, 0.4) is 0 Å². The molecule has 2 N–H and O–H groups in total. The van der Waals surface area contributed by atoms with Crippen LogP contribution < -0.4 is 10.6 Å². The van der Waals surface area contributed by atoms with E-state index in [0.29, 0.717) is 19.7 Å². The molecule has 1 rings (SSSR count). The lowest BCUT2D eigenvalue weighted by Crippen LogP contribution is -2.46. The van der Waals surface area contributed by atoms with Crippen LogP contribution in [0.1, 0.15) is 33.1 Å². The van der Waals surface area contributed by atoms with Gasteiger partial charge in [-0.05, 0) is 32.7 Å². The van der Waals surface area contributed by atoms with Gasteiger partial charge in [0.05, 0.1) is 25.6 Å². The highest BCUT2D eigenvalue weighted by molar-refractivity contribution is 5.85. The van der Waals surface area contributed by atoms with E-state index >= 15 is 0 Å². The number of rotatable bonds is 8. The summed E-state index contributed by atoms with van der Waals surface area (Å²) in [6, 6.07) is 0. The number of likely N-dealkylation sites (tertiary alicyclic amines) is 1. The summed E-state index contributed by atoms with van der Waals surface area (Å²) in [6.07, 6.45) is 2.53. The van der Waals surface area contributed by atoms with E-state index in [4.69, 9.17) is 4.74 Å². The van der Waals surface area contributed by atoms with Crippen LogP contribution in [0, 0.1) is 5.92 Å². The second kappa shape index (κ2) is 10.2. The highest BCUT2D eigenvalue weighted by atomic mass is 16.5. The van der Waals surface area contributed by atoms with Crippen molar-refractivity contribution in [2.24, 2.45) is 5.92 Å². The van der Waals surface area contributed by atoms with Crippen LogP contribution in [-0.2, 0) is 19.1 Å². The molecule has 0 radical (unpaired) electrons. The Balaban J connectivity index is 2.28. The molecule has 1 atom stereocenters. The fourth-order valence-corrected chi connectivity index (χ4v) is 2.42. The standard InChI is InChI=1S/C15H27N3O4/c1-3-7-16-13(19)9-17-14(20)11-18-8-5-6-12(10-18)15(21)22-4-2/h12H,3-11H2,1-2H3,(H,16,19)(H,17,20)/t12-/m1/s1. The first kappa shape index (κ1) is 18.4. The highest BCUT2D eigenvalue weighted by Gasteiger charge is 2.27. The fourth-order valence-electron chi connectivity index (χ4n) is 2.42. The smallest absolute Gasteiger partial charge is 0.310 e. The summed E-state index contributed by atoms with van der Waals surface area (Å²) in [5.41, 5.74) is 0. The van der Waals surface area contributed by atoms with Crippen LogP contribution in [0.25, 0.3) is 0 Å². The number of carbonyl (C=O) groups is 3. The summed E-state index contributed by atoms with van der Waals surface area (Å²) in [4.78, 5) is 36.9. The van der Waals surface area contributed by atoms with E-state index in [-0.39, 0.29) is 36.8 Å². The van der Waals surface area contributed by atoms with Crippen LogP contribution in [0.5, 0.6) is 0 Å². The quantitative estimate of drug-likeness (QED) is 0.611. The van der Waals surface area contributed by atoms with Crippen molar-refractivity contribution in [2.45, 2.75) is 33.1 Å². The zero-order chi connectivity index (χ0) is 16.4. The Morgan fingerprint density at radius 1 is 1.18 bits per heavy atom. The summed E-state index contributed by atoms with van der Waals surface area (Å²) in [5, 5.41) is 5.30. The second-order valence-electron chi connectivity index (χ2n) is 5.45. The van der Waals surface area contributed by atoms with Gasteiger partial charge in [-0.25, -0.2) is 0 Å². The van der Waals surface area contributed by atoms with Gasteiger partial charge in [0.25, 0.3) is 0 Å². The summed E-state index contributed by atoms with van der Waals surface area (Å²) < 4.78 is 5.03. The predicted molar refractivity (Wildman–Crippen MR) is 82.1 cm³/mol. The third kappa shape index (κ3) is 6.89. The van der Waals surface area contributed by atoms with Crippen molar-refractivity contribution in [2.75, 3.05) is 39.3 Å². The molecule has 0 unspecified atom stereocenters. The number of nitrogens with one attached hydrogen (secondary N) is 2. The predicted octanol–water partition coefficient (Wildman–Crippen LogP) is -0.0961. The number of carbonyl (C=O) groups excluding carboxylic acids is 3. The van der Waals surface area contributed by atoms with Crippen molar-refractivity contribution in [3.8, 4) is 0 Å². The van der Waals surface area contributed by atoms with E-state index in [1.165, 1.54) is 0 Å². The molecule has 1 aliphatic rings. The van der Waals surface area contributed by atoms with Crippen molar-refractivity contribution in [1.29, 1.82) is 0 Å². The number of piperidine rings is 1. The molecule has 0 spiro atoms. The van der Waals surface area contributed by atoms with E-state index in [0.717, 1.165) is 25.8 Å². The molecule has 1 aliphatic heterocycles. The number of amides is 2. The summed E-state index contributed by atoms with van der Waals surface area (Å²) in [5.74, 6) is -0.727. The Kier molecular flexibility index (Phi) is 8.50. The minimum Gasteiger partial charge on any atom is -0.466 e. The molecule has 2 amide bonds. The summed E-state index contributed by atoms with van der Waals surface area (Å²) >= 11 is 0. The molecule has 0 aromatic carbocycles. The first-order chi connectivity index (χ1) is 10.6. The zero-order valence-electron chi connectivity index (χ0n) is 13.5. The van der Waals surface area contributed by atoms with Gasteiger partial charge < -0.3 is 15.4 Å². The molecule has 0 bridgehead atoms. The maximum absolute atomic E-state index is 11.8. The van der Waals surface area contributed by atoms with Gasteiger partial charge >= 0.3 is 5.97 Å². The van der Waals surface area contributed by atoms with Gasteiger partial charge in [-0.3, -0.25) is 19.3 Å². The van der Waals surface area contributed by atoms with Crippen molar-refractivity contribution in [1.82, 2.24) is 15.5 Å². The van der Waals surface area contributed by atoms with Crippen molar-refractivity contribution in [3.63, 3.8) is 0 Å². The zero-order valence-corrected chi connectivity index (χ0v) is 13.5.